The fourth-order valence-corrected chi connectivity index (χ4v) is 1.46. The Labute approximate surface area is 146 Å². The van der Waals surface area contributed by atoms with Crippen molar-refractivity contribution in [1.82, 2.24) is 9.97 Å². The number of carboxylic acid groups (broad SMARTS) is 1. The largest absolute Gasteiger partial charge is 0.490 e. The molecule has 0 saturated carbocycles. The first-order chi connectivity index (χ1) is 12.3. The van der Waals surface area contributed by atoms with Gasteiger partial charge in [0, 0.05) is 30.1 Å². The van der Waals surface area contributed by atoms with Crippen molar-refractivity contribution in [2.24, 2.45) is 5.73 Å². The van der Waals surface area contributed by atoms with E-state index in [9.17, 15) is 17.6 Å². The van der Waals surface area contributed by atoms with E-state index in [1.54, 1.807) is 30.6 Å². The number of carbonyl (C=O) groups is 1. The van der Waals surface area contributed by atoms with Crippen LogP contribution in [0, 0.1) is 0 Å². The molecule has 0 aliphatic carbocycles. The van der Waals surface area contributed by atoms with Gasteiger partial charge in [-0.2, -0.15) is 13.2 Å². The normalized spacial score (nSPS) is 11.3. The number of carboxylic acids is 1. The predicted molar refractivity (Wildman–Crippen MR) is 84.9 cm³/mol. The Morgan fingerprint density at radius 2 is 1.73 bits per heavy atom. The number of nitrogens with zero attached hydrogens (tertiary/aromatic N) is 2. The van der Waals surface area contributed by atoms with Gasteiger partial charge in [0.1, 0.15) is 12.4 Å². The summed E-state index contributed by atoms with van der Waals surface area (Å²) < 4.78 is 49.5. The summed E-state index contributed by atoms with van der Waals surface area (Å²) in [5.74, 6) is -1.46. The van der Waals surface area contributed by atoms with Crippen molar-refractivity contribution in [3.63, 3.8) is 0 Å². The van der Waals surface area contributed by atoms with Gasteiger partial charge in [0.25, 0.3) is 0 Å². The molecule has 0 aliphatic heterocycles. The number of hydrogen-bond donors (Lipinski definition) is 2. The standard InChI is InChI=1S/C14H14FN3O.C2HF3O2/c15-8-11(9-16)10-19-13-4-2-12(3-5-13)14-17-6-1-7-18-14;3-2(4,5)1(6)7/h1-8H,9-10,16H2;(H,6,7)/b11-8-;. The second-order valence-electron chi connectivity index (χ2n) is 4.66. The van der Waals surface area contributed by atoms with E-state index in [-0.39, 0.29) is 13.2 Å². The molecule has 0 bridgehead atoms. The molecular weight excluding hydrogens is 358 g/mol. The molecule has 3 N–H and O–H groups in total. The number of rotatable bonds is 5. The third kappa shape index (κ3) is 7.26. The van der Waals surface area contributed by atoms with Gasteiger partial charge in [-0.15, -0.1) is 0 Å². The van der Waals surface area contributed by atoms with Gasteiger partial charge in [0.05, 0.1) is 6.33 Å². The maximum Gasteiger partial charge on any atom is 0.490 e. The Bertz CT molecular complexity index is 720. The molecule has 1 aromatic carbocycles. The van der Waals surface area contributed by atoms with Crippen molar-refractivity contribution in [2.45, 2.75) is 6.18 Å². The molecule has 0 amide bonds. The molecule has 1 heterocycles. The number of alkyl halides is 3. The van der Waals surface area contributed by atoms with Gasteiger partial charge in [-0.1, -0.05) is 0 Å². The number of nitrogens with two attached hydrogens (primary N) is 1. The lowest BCUT2D eigenvalue weighted by atomic mass is 10.2. The topological polar surface area (TPSA) is 98.3 Å². The van der Waals surface area contributed by atoms with Gasteiger partial charge < -0.3 is 15.6 Å². The highest BCUT2D eigenvalue weighted by molar-refractivity contribution is 5.73. The molecular formula is C16H15F4N3O3. The van der Waals surface area contributed by atoms with Gasteiger partial charge in [0.15, 0.2) is 5.82 Å². The van der Waals surface area contributed by atoms with Crippen molar-refractivity contribution in [3.05, 3.63) is 54.6 Å². The summed E-state index contributed by atoms with van der Waals surface area (Å²) in [5.41, 5.74) is 6.65. The molecule has 10 heteroatoms. The maximum atomic E-state index is 12.3. The number of benzene rings is 1. The van der Waals surface area contributed by atoms with E-state index in [0.717, 1.165) is 5.56 Å². The first kappa shape index (κ1) is 21.0. The average Bonchev–Trinajstić information content (AvgIpc) is 2.63. The average molecular weight is 373 g/mol. The maximum absolute atomic E-state index is 12.3. The van der Waals surface area contributed by atoms with E-state index in [1.807, 2.05) is 12.1 Å². The van der Waals surface area contributed by atoms with Crippen LogP contribution in [0.1, 0.15) is 0 Å². The van der Waals surface area contributed by atoms with Crippen LogP contribution >= 0.6 is 0 Å². The Hall–Kier alpha value is -3.01. The van der Waals surface area contributed by atoms with Crippen LogP contribution in [0.25, 0.3) is 11.4 Å². The number of hydrogen-bond acceptors (Lipinski definition) is 5. The highest BCUT2D eigenvalue weighted by atomic mass is 19.4. The lowest BCUT2D eigenvalue weighted by Gasteiger charge is -2.07. The minimum atomic E-state index is -5.08. The fraction of sp³-hybridized carbons (Fsp3) is 0.188. The van der Waals surface area contributed by atoms with Gasteiger partial charge in [0.2, 0.25) is 0 Å². The molecule has 6 nitrogen and oxygen atoms in total. The van der Waals surface area contributed by atoms with E-state index < -0.39 is 12.1 Å². The predicted octanol–water partition coefficient (Wildman–Crippen LogP) is 2.97. The number of aliphatic carboxylic acids is 1. The summed E-state index contributed by atoms with van der Waals surface area (Å²) in [6.45, 7) is 0.292. The lowest BCUT2D eigenvalue weighted by molar-refractivity contribution is -0.192. The zero-order valence-electron chi connectivity index (χ0n) is 13.3. The first-order valence-electron chi connectivity index (χ1n) is 7.06. The van der Waals surface area contributed by atoms with E-state index in [2.05, 4.69) is 9.97 Å². The van der Waals surface area contributed by atoms with Gasteiger partial charge in [-0.25, -0.2) is 19.2 Å². The van der Waals surface area contributed by atoms with E-state index in [4.69, 9.17) is 20.4 Å². The third-order valence-electron chi connectivity index (χ3n) is 2.76. The first-order valence-corrected chi connectivity index (χ1v) is 7.06. The monoisotopic (exact) mass is 373 g/mol. The minimum Gasteiger partial charge on any atom is -0.489 e. The summed E-state index contributed by atoms with van der Waals surface area (Å²) in [5, 5.41) is 7.12. The summed E-state index contributed by atoms with van der Waals surface area (Å²) in [4.78, 5) is 17.2. The van der Waals surface area contributed by atoms with Crippen LogP contribution in [0.15, 0.2) is 54.6 Å². The Balaban J connectivity index is 0.000000412. The van der Waals surface area contributed by atoms with Crippen molar-refractivity contribution < 1.29 is 32.2 Å². The molecule has 1 aromatic heterocycles. The summed E-state index contributed by atoms with van der Waals surface area (Å²) in [6.07, 6.45) is -1.23. The van der Waals surface area contributed by atoms with Crippen molar-refractivity contribution >= 4 is 5.97 Å². The van der Waals surface area contributed by atoms with Crippen LogP contribution in [0.2, 0.25) is 0 Å². The number of halogens is 4. The molecule has 2 aromatic rings. The zero-order chi connectivity index (χ0) is 19.6. The van der Waals surface area contributed by atoms with Crippen LogP contribution in [0.3, 0.4) is 0 Å². The lowest BCUT2D eigenvalue weighted by Crippen LogP contribution is -2.21. The molecule has 0 saturated heterocycles. The van der Waals surface area contributed by atoms with E-state index >= 15 is 0 Å². The SMILES string of the molecule is NC/C(=C/F)COc1ccc(-c2ncccn2)cc1.O=C(O)C(F)(F)F. The van der Waals surface area contributed by atoms with Crippen LogP contribution in [-0.2, 0) is 4.79 Å². The Morgan fingerprint density at radius 3 is 2.15 bits per heavy atom. The van der Waals surface area contributed by atoms with E-state index in [0.29, 0.717) is 23.5 Å². The quantitative estimate of drug-likeness (QED) is 0.782. The van der Waals surface area contributed by atoms with Gasteiger partial charge in [-0.05, 0) is 30.3 Å². The van der Waals surface area contributed by atoms with Crippen LogP contribution in [0.5, 0.6) is 5.75 Å². The number of ether oxygens (including phenoxy) is 1. The third-order valence-corrected chi connectivity index (χ3v) is 2.76. The molecule has 0 radical (unpaired) electrons. The smallest absolute Gasteiger partial charge is 0.489 e. The van der Waals surface area contributed by atoms with Crippen LogP contribution in [0.4, 0.5) is 17.6 Å². The highest BCUT2D eigenvalue weighted by Gasteiger charge is 2.38. The Morgan fingerprint density at radius 1 is 1.19 bits per heavy atom. The molecule has 26 heavy (non-hydrogen) atoms. The Kier molecular flexibility index (Phi) is 8.16. The van der Waals surface area contributed by atoms with Crippen molar-refractivity contribution in [2.75, 3.05) is 13.2 Å². The molecule has 2 rings (SSSR count). The molecule has 0 unspecified atom stereocenters. The van der Waals surface area contributed by atoms with Crippen molar-refractivity contribution in [3.8, 4) is 17.1 Å². The van der Waals surface area contributed by atoms with Crippen molar-refractivity contribution in [1.29, 1.82) is 0 Å². The number of aromatic nitrogens is 2. The second kappa shape index (κ2) is 10.1. The highest BCUT2D eigenvalue weighted by Crippen LogP contribution is 2.19. The minimum absolute atomic E-state index is 0.145. The molecule has 140 valence electrons. The second-order valence-corrected chi connectivity index (χ2v) is 4.66. The molecule has 0 aliphatic rings. The summed E-state index contributed by atoms with van der Waals surface area (Å²) in [7, 11) is 0. The van der Waals surface area contributed by atoms with E-state index in [1.165, 1.54) is 0 Å². The summed E-state index contributed by atoms with van der Waals surface area (Å²) >= 11 is 0. The molecule has 0 fully saturated rings. The fourth-order valence-electron chi connectivity index (χ4n) is 1.46. The molecule has 0 atom stereocenters. The van der Waals surface area contributed by atoms with Gasteiger partial charge in [-0.3, -0.25) is 0 Å². The van der Waals surface area contributed by atoms with Gasteiger partial charge >= 0.3 is 12.1 Å². The van der Waals surface area contributed by atoms with Crippen LogP contribution < -0.4 is 10.5 Å². The van der Waals surface area contributed by atoms with Crippen LogP contribution in [-0.4, -0.2) is 40.4 Å². The molecule has 0 spiro atoms. The zero-order valence-corrected chi connectivity index (χ0v) is 13.3. The summed E-state index contributed by atoms with van der Waals surface area (Å²) in [6, 6.07) is 9.05.